The summed E-state index contributed by atoms with van der Waals surface area (Å²) in [7, 11) is 0. The van der Waals surface area contributed by atoms with Crippen molar-refractivity contribution in [1.29, 1.82) is 0 Å². The average Bonchev–Trinajstić information content (AvgIpc) is 2.39. The summed E-state index contributed by atoms with van der Waals surface area (Å²) in [6.45, 7) is 5.28. The van der Waals surface area contributed by atoms with Gasteiger partial charge >= 0.3 is 0 Å². The summed E-state index contributed by atoms with van der Waals surface area (Å²) >= 11 is 5.85. The number of rotatable bonds is 5. The smallest absolute Gasteiger partial charge is 0.239 e. The summed E-state index contributed by atoms with van der Waals surface area (Å²) in [6.07, 6.45) is 0.471. The second-order valence-electron chi connectivity index (χ2n) is 4.42. The topological polar surface area (TPSA) is 70.6 Å². The van der Waals surface area contributed by atoms with Crippen molar-refractivity contribution in [2.75, 3.05) is 5.32 Å². The number of hydrogen-bond acceptors (Lipinski definition) is 3. The van der Waals surface area contributed by atoms with Crippen molar-refractivity contribution >= 4 is 34.8 Å². The first kappa shape index (κ1) is 16.2. The minimum atomic E-state index is -0.192. The highest BCUT2D eigenvalue weighted by molar-refractivity contribution is 6.30. The number of carbonyl (C=O) groups is 2. The first-order chi connectivity index (χ1) is 9.42. The van der Waals surface area contributed by atoms with Gasteiger partial charge in [0.25, 0.3) is 0 Å². The molecule has 0 unspecified atom stereocenters. The first-order valence-corrected chi connectivity index (χ1v) is 6.68. The van der Waals surface area contributed by atoms with Gasteiger partial charge in [0, 0.05) is 22.8 Å². The number of nitrogens with one attached hydrogen (secondary N) is 2. The van der Waals surface area contributed by atoms with E-state index < -0.39 is 0 Å². The molecule has 0 saturated carbocycles. The van der Waals surface area contributed by atoms with Crippen molar-refractivity contribution in [3.05, 3.63) is 28.8 Å². The van der Waals surface area contributed by atoms with Crippen molar-refractivity contribution < 1.29 is 9.59 Å². The summed E-state index contributed by atoms with van der Waals surface area (Å²) in [6, 6.07) is 5.24. The standard InChI is InChI=1S/C14H18ClN3O2/c1-4-13(19)18-17-10(3)8-14(20)16-12-6-5-11(15)7-9(12)2/h5-7H,4,8H2,1-3H3,(H,16,20)(H,18,19)/b17-10+. The number of halogens is 1. The Hall–Kier alpha value is -1.88. The van der Waals surface area contributed by atoms with E-state index in [0.717, 1.165) is 5.56 Å². The zero-order valence-electron chi connectivity index (χ0n) is 11.8. The van der Waals surface area contributed by atoms with Crippen LogP contribution in [-0.2, 0) is 9.59 Å². The van der Waals surface area contributed by atoms with Gasteiger partial charge in [-0.05, 0) is 37.6 Å². The van der Waals surface area contributed by atoms with Gasteiger partial charge in [0.1, 0.15) is 0 Å². The molecule has 0 bridgehead atoms. The molecule has 1 aromatic carbocycles. The molecule has 108 valence electrons. The molecule has 0 heterocycles. The molecule has 1 aromatic rings. The minimum Gasteiger partial charge on any atom is -0.326 e. The molecule has 0 spiro atoms. The SMILES string of the molecule is CCC(=O)N/N=C(\C)CC(=O)Nc1ccc(Cl)cc1C. The number of hydrogen-bond donors (Lipinski definition) is 2. The third kappa shape index (κ3) is 5.40. The van der Waals surface area contributed by atoms with E-state index in [-0.39, 0.29) is 18.2 Å². The van der Waals surface area contributed by atoms with Gasteiger partial charge in [0.05, 0.1) is 6.42 Å². The van der Waals surface area contributed by atoms with Crippen molar-refractivity contribution in [2.24, 2.45) is 5.10 Å². The monoisotopic (exact) mass is 295 g/mol. The number of benzene rings is 1. The number of hydrazone groups is 1. The normalized spacial score (nSPS) is 11.1. The van der Waals surface area contributed by atoms with E-state index in [4.69, 9.17) is 11.6 Å². The molecule has 0 aliphatic carbocycles. The Balaban J connectivity index is 2.57. The molecule has 0 saturated heterocycles. The maximum absolute atomic E-state index is 11.8. The summed E-state index contributed by atoms with van der Waals surface area (Å²) in [4.78, 5) is 22.9. The molecule has 1 rings (SSSR count). The van der Waals surface area contributed by atoms with E-state index in [1.54, 1.807) is 32.0 Å². The van der Waals surface area contributed by atoms with E-state index in [0.29, 0.717) is 22.8 Å². The summed E-state index contributed by atoms with van der Waals surface area (Å²) in [5.74, 6) is -0.374. The quantitative estimate of drug-likeness (QED) is 0.648. The van der Waals surface area contributed by atoms with Crippen LogP contribution >= 0.6 is 11.6 Å². The Labute approximate surface area is 123 Å². The molecular formula is C14H18ClN3O2. The fourth-order valence-corrected chi connectivity index (χ4v) is 1.70. The van der Waals surface area contributed by atoms with Crippen LogP contribution in [0.25, 0.3) is 0 Å². The molecule has 5 nitrogen and oxygen atoms in total. The minimum absolute atomic E-state index is 0.117. The second kappa shape index (κ2) is 7.65. The highest BCUT2D eigenvalue weighted by atomic mass is 35.5. The predicted octanol–water partition coefficient (Wildman–Crippen LogP) is 2.88. The van der Waals surface area contributed by atoms with Crippen LogP contribution in [0.15, 0.2) is 23.3 Å². The van der Waals surface area contributed by atoms with Crippen LogP contribution in [0.5, 0.6) is 0 Å². The number of nitrogens with zero attached hydrogens (tertiary/aromatic N) is 1. The van der Waals surface area contributed by atoms with Gasteiger partial charge in [0.15, 0.2) is 0 Å². The van der Waals surface area contributed by atoms with Crippen molar-refractivity contribution in [2.45, 2.75) is 33.6 Å². The predicted molar refractivity (Wildman–Crippen MR) is 81.0 cm³/mol. The zero-order valence-corrected chi connectivity index (χ0v) is 12.5. The van der Waals surface area contributed by atoms with Crippen LogP contribution in [0.1, 0.15) is 32.3 Å². The van der Waals surface area contributed by atoms with Gasteiger partial charge in [0.2, 0.25) is 11.8 Å². The molecule has 20 heavy (non-hydrogen) atoms. The molecule has 6 heteroatoms. The molecule has 0 atom stereocenters. The van der Waals surface area contributed by atoms with Gasteiger partial charge in [-0.25, -0.2) is 5.43 Å². The van der Waals surface area contributed by atoms with Crippen LogP contribution in [0.3, 0.4) is 0 Å². The fourth-order valence-electron chi connectivity index (χ4n) is 1.47. The van der Waals surface area contributed by atoms with Crippen molar-refractivity contribution in [1.82, 2.24) is 5.43 Å². The molecule has 0 radical (unpaired) electrons. The van der Waals surface area contributed by atoms with Gasteiger partial charge in [-0.15, -0.1) is 0 Å². The average molecular weight is 296 g/mol. The summed E-state index contributed by atoms with van der Waals surface area (Å²) in [5.41, 5.74) is 4.51. The van der Waals surface area contributed by atoms with E-state index in [1.165, 1.54) is 0 Å². The van der Waals surface area contributed by atoms with Crippen LogP contribution in [0.4, 0.5) is 5.69 Å². The van der Waals surface area contributed by atoms with Crippen molar-refractivity contribution in [3.63, 3.8) is 0 Å². The highest BCUT2D eigenvalue weighted by Gasteiger charge is 2.07. The maximum Gasteiger partial charge on any atom is 0.239 e. The van der Waals surface area contributed by atoms with Gasteiger partial charge < -0.3 is 5.32 Å². The lowest BCUT2D eigenvalue weighted by atomic mass is 10.2. The van der Waals surface area contributed by atoms with Gasteiger partial charge in [-0.1, -0.05) is 18.5 Å². The molecule has 0 fully saturated rings. The third-order valence-corrected chi connectivity index (χ3v) is 2.81. The Morgan fingerprint density at radius 3 is 2.60 bits per heavy atom. The lowest BCUT2D eigenvalue weighted by Crippen LogP contribution is -2.20. The lowest BCUT2D eigenvalue weighted by molar-refractivity contribution is -0.121. The third-order valence-electron chi connectivity index (χ3n) is 2.57. The Bertz CT molecular complexity index is 541. The second-order valence-corrected chi connectivity index (χ2v) is 4.86. The lowest BCUT2D eigenvalue weighted by Gasteiger charge is -2.08. The number of amides is 2. The van der Waals surface area contributed by atoms with Crippen molar-refractivity contribution in [3.8, 4) is 0 Å². The molecule has 0 aromatic heterocycles. The molecule has 2 amide bonds. The largest absolute Gasteiger partial charge is 0.326 e. The number of aryl methyl sites for hydroxylation is 1. The van der Waals surface area contributed by atoms with Crippen LogP contribution in [0, 0.1) is 6.92 Å². The van der Waals surface area contributed by atoms with Crippen LogP contribution in [0.2, 0.25) is 5.02 Å². The number of carbonyl (C=O) groups excluding carboxylic acids is 2. The van der Waals surface area contributed by atoms with E-state index in [9.17, 15) is 9.59 Å². The molecule has 2 N–H and O–H groups in total. The first-order valence-electron chi connectivity index (χ1n) is 6.30. The molecule has 0 aliphatic rings. The van der Waals surface area contributed by atoms with E-state index >= 15 is 0 Å². The Morgan fingerprint density at radius 1 is 1.30 bits per heavy atom. The maximum atomic E-state index is 11.8. The van der Waals surface area contributed by atoms with Gasteiger partial charge in [-0.3, -0.25) is 9.59 Å². The summed E-state index contributed by atoms with van der Waals surface area (Å²) < 4.78 is 0. The van der Waals surface area contributed by atoms with Gasteiger partial charge in [-0.2, -0.15) is 5.10 Å². The summed E-state index contributed by atoms with van der Waals surface area (Å²) in [5, 5.41) is 7.25. The van der Waals surface area contributed by atoms with E-state index in [2.05, 4.69) is 15.8 Å². The highest BCUT2D eigenvalue weighted by Crippen LogP contribution is 2.19. The Morgan fingerprint density at radius 2 is 2.00 bits per heavy atom. The zero-order chi connectivity index (χ0) is 15.1. The van der Waals surface area contributed by atoms with Crippen LogP contribution in [-0.4, -0.2) is 17.5 Å². The fraction of sp³-hybridized carbons (Fsp3) is 0.357. The Kier molecular flexibility index (Phi) is 6.18. The molecular weight excluding hydrogens is 278 g/mol. The van der Waals surface area contributed by atoms with E-state index in [1.807, 2.05) is 6.92 Å². The van der Waals surface area contributed by atoms with Crippen LogP contribution < -0.4 is 10.7 Å². The molecule has 0 aliphatic heterocycles. The number of anilines is 1.